The Morgan fingerprint density at radius 1 is 1.31 bits per heavy atom. The molecule has 0 saturated carbocycles. The number of ether oxygens (including phenoxy) is 1. The van der Waals surface area contributed by atoms with Gasteiger partial charge in [-0.05, 0) is 40.3 Å². The quantitative estimate of drug-likeness (QED) is 0.268. The summed E-state index contributed by atoms with van der Waals surface area (Å²) in [7, 11) is 1.43. The van der Waals surface area contributed by atoms with E-state index in [1.54, 1.807) is 0 Å². The Morgan fingerprint density at radius 3 is 2.84 bits per heavy atom. The van der Waals surface area contributed by atoms with Crippen LogP contribution >= 0.6 is 22.6 Å². The molecule has 1 aliphatic rings. The number of aliphatic hydroxyl groups excluding tert-OH is 1. The van der Waals surface area contributed by atoms with Crippen molar-refractivity contribution < 1.29 is 19.4 Å². The number of nitrogens with two attached hydrogens (primary N) is 1. The lowest BCUT2D eigenvalue weighted by molar-refractivity contribution is -0.134. The van der Waals surface area contributed by atoms with Gasteiger partial charge in [0.2, 0.25) is 0 Å². The van der Waals surface area contributed by atoms with Gasteiger partial charge >= 0.3 is 6.03 Å². The van der Waals surface area contributed by atoms with E-state index in [0.29, 0.717) is 23.5 Å². The fraction of sp³-hybridized carbons (Fsp3) is 0.316. The minimum absolute atomic E-state index is 0.393. The number of amides is 3. The lowest BCUT2D eigenvalue weighted by Gasteiger charge is -2.19. The number of nitrogens with zero attached hydrogens (tertiary/aromatic N) is 4. The maximum absolute atomic E-state index is 12.2. The second-order valence-corrected chi connectivity index (χ2v) is 8.36. The molecule has 168 valence electrons. The van der Waals surface area contributed by atoms with E-state index in [1.807, 2.05) is 18.2 Å². The zero-order chi connectivity index (χ0) is 22.8. The van der Waals surface area contributed by atoms with Crippen LogP contribution in [0, 0.1) is 3.57 Å². The van der Waals surface area contributed by atoms with Crippen LogP contribution in [-0.4, -0.2) is 61.9 Å². The van der Waals surface area contributed by atoms with Gasteiger partial charge in [0.1, 0.15) is 12.4 Å². The zero-order valence-corrected chi connectivity index (χ0v) is 19.1. The Hall–Kier alpha value is -3.04. The number of aromatic nitrogens is 4. The first-order valence-electron chi connectivity index (χ1n) is 9.66. The van der Waals surface area contributed by atoms with Crippen LogP contribution in [0.3, 0.4) is 0 Å². The van der Waals surface area contributed by atoms with E-state index in [-0.39, 0.29) is 0 Å². The highest BCUT2D eigenvalue weighted by molar-refractivity contribution is 14.1. The topological polar surface area (TPSA) is 169 Å². The predicted octanol–water partition coefficient (Wildman–Crippen LogP) is 0.0842. The molecule has 1 aromatic carbocycles. The van der Waals surface area contributed by atoms with Crippen LogP contribution in [-0.2, 0) is 16.1 Å². The molecule has 32 heavy (non-hydrogen) atoms. The highest BCUT2D eigenvalue weighted by Gasteiger charge is 2.49. The van der Waals surface area contributed by atoms with E-state index >= 15 is 0 Å². The summed E-state index contributed by atoms with van der Waals surface area (Å²) in [5, 5.41) is 18.9. The van der Waals surface area contributed by atoms with Crippen molar-refractivity contribution in [2.75, 3.05) is 12.4 Å². The molecule has 12 nitrogen and oxygen atoms in total. The van der Waals surface area contributed by atoms with Gasteiger partial charge in [0.05, 0.1) is 12.4 Å². The summed E-state index contributed by atoms with van der Waals surface area (Å²) in [6.07, 6.45) is -0.645. The van der Waals surface area contributed by atoms with E-state index < -0.39 is 36.4 Å². The predicted molar refractivity (Wildman–Crippen MR) is 122 cm³/mol. The molecule has 0 aliphatic carbocycles. The van der Waals surface area contributed by atoms with Gasteiger partial charge in [-0.2, -0.15) is 0 Å². The Balaban J connectivity index is 1.61. The van der Waals surface area contributed by atoms with Gasteiger partial charge in [-0.1, -0.05) is 12.1 Å². The molecule has 4 rings (SSSR count). The molecule has 0 spiro atoms. The van der Waals surface area contributed by atoms with Gasteiger partial charge in [0.15, 0.2) is 29.3 Å². The van der Waals surface area contributed by atoms with Crippen LogP contribution < -0.4 is 21.7 Å². The SMILES string of the molecule is CNC(=O)[C@H]1O[C@@H](n2cnc3c(NCc4cccc(I)c4)ncnc32)[C@H](O)[C@@H]1NC(N)=O. The first-order chi connectivity index (χ1) is 15.4. The Labute approximate surface area is 196 Å². The van der Waals surface area contributed by atoms with Crippen molar-refractivity contribution >= 4 is 51.5 Å². The van der Waals surface area contributed by atoms with Crippen molar-refractivity contribution in [3.05, 3.63) is 46.1 Å². The first kappa shape index (κ1) is 22.2. The number of carbonyl (C=O) groups excluding carboxylic acids is 2. The standard InChI is InChI=1S/C19H21IN8O4/c1-22-17(30)14-11(27-19(21)31)13(29)18(32-14)28-8-26-12-15(24-7-25-16(12)28)23-6-9-3-2-4-10(20)5-9/h2-5,7-8,11,13-14,18,29H,6H2,1H3,(H,22,30)(H3,21,27,31)(H,23,24,25)/t11-,13+,14-,18+/m0/s1. The molecule has 0 radical (unpaired) electrons. The van der Waals surface area contributed by atoms with Crippen molar-refractivity contribution in [1.82, 2.24) is 30.2 Å². The number of aliphatic hydroxyl groups is 1. The number of primary amides is 1. The van der Waals surface area contributed by atoms with Gasteiger partial charge in [-0.25, -0.2) is 19.7 Å². The molecule has 0 bridgehead atoms. The van der Waals surface area contributed by atoms with Crippen molar-refractivity contribution in [2.45, 2.75) is 31.0 Å². The number of halogens is 1. The van der Waals surface area contributed by atoms with Crippen LogP contribution in [0.25, 0.3) is 11.2 Å². The summed E-state index contributed by atoms with van der Waals surface area (Å²) >= 11 is 2.25. The second kappa shape index (κ2) is 9.22. The summed E-state index contributed by atoms with van der Waals surface area (Å²) in [6, 6.07) is 6.11. The molecule has 1 saturated heterocycles. The third-order valence-corrected chi connectivity index (χ3v) is 5.74. The zero-order valence-electron chi connectivity index (χ0n) is 16.9. The molecule has 0 unspecified atom stereocenters. The second-order valence-electron chi connectivity index (χ2n) is 7.12. The summed E-state index contributed by atoms with van der Waals surface area (Å²) in [5.74, 6) is -0.000967. The molecule has 1 fully saturated rings. The van der Waals surface area contributed by atoms with E-state index in [4.69, 9.17) is 10.5 Å². The Morgan fingerprint density at radius 2 is 2.12 bits per heavy atom. The van der Waals surface area contributed by atoms with E-state index in [1.165, 1.54) is 24.3 Å². The van der Waals surface area contributed by atoms with E-state index in [9.17, 15) is 14.7 Å². The van der Waals surface area contributed by atoms with Gasteiger partial charge < -0.3 is 31.5 Å². The average molecular weight is 552 g/mol. The molecule has 2 aromatic heterocycles. The van der Waals surface area contributed by atoms with Gasteiger partial charge in [-0.15, -0.1) is 0 Å². The largest absolute Gasteiger partial charge is 0.386 e. The normalized spacial score (nSPS) is 22.6. The number of imidazole rings is 1. The number of carbonyl (C=O) groups is 2. The highest BCUT2D eigenvalue weighted by Crippen LogP contribution is 2.32. The van der Waals surface area contributed by atoms with E-state index in [0.717, 1.165) is 9.13 Å². The Bertz CT molecular complexity index is 1160. The smallest absolute Gasteiger partial charge is 0.312 e. The maximum atomic E-state index is 12.2. The van der Waals surface area contributed by atoms with E-state index in [2.05, 4.69) is 59.6 Å². The first-order valence-corrected chi connectivity index (χ1v) is 10.7. The molecule has 13 heteroatoms. The van der Waals surface area contributed by atoms with Gasteiger partial charge in [0.25, 0.3) is 5.91 Å². The number of urea groups is 1. The molecule has 3 heterocycles. The van der Waals surface area contributed by atoms with Crippen LogP contribution in [0.15, 0.2) is 36.9 Å². The van der Waals surface area contributed by atoms with Crippen molar-refractivity contribution in [3.63, 3.8) is 0 Å². The molecule has 4 atom stereocenters. The fourth-order valence-corrected chi connectivity index (χ4v) is 4.20. The minimum Gasteiger partial charge on any atom is -0.386 e. The molecule has 1 aliphatic heterocycles. The lowest BCUT2D eigenvalue weighted by atomic mass is 10.1. The third kappa shape index (κ3) is 4.31. The van der Waals surface area contributed by atoms with Crippen LogP contribution in [0.4, 0.5) is 10.6 Å². The van der Waals surface area contributed by atoms with Crippen molar-refractivity contribution in [1.29, 1.82) is 0 Å². The monoisotopic (exact) mass is 552 g/mol. The molecule has 6 N–H and O–H groups in total. The summed E-state index contributed by atoms with van der Waals surface area (Å²) in [4.78, 5) is 36.5. The van der Waals surface area contributed by atoms with Crippen molar-refractivity contribution in [3.8, 4) is 0 Å². The van der Waals surface area contributed by atoms with Crippen LogP contribution in [0.2, 0.25) is 0 Å². The number of benzene rings is 1. The van der Waals surface area contributed by atoms with Crippen LogP contribution in [0.1, 0.15) is 11.8 Å². The number of hydrogen-bond acceptors (Lipinski definition) is 8. The number of hydrogen-bond donors (Lipinski definition) is 5. The number of anilines is 1. The molecule has 3 amide bonds. The summed E-state index contributed by atoms with van der Waals surface area (Å²) in [5.41, 5.74) is 7.14. The van der Waals surface area contributed by atoms with Gasteiger partial charge in [0, 0.05) is 17.2 Å². The number of fused-ring (bicyclic) bond motifs is 1. The maximum Gasteiger partial charge on any atom is 0.312 e. The third-order valence-electron chi connectivity index (χ3n) is 5.07. The number of likely N-dealkylation sites (N-methyl/N-ethyl adjacent to an activating group) is 1. The summed E-state index contributed by atoms with van der Waals surface area (Å²) in [6.45, 7) is 0.529. The molecular formula is C19H21IN8O4. The highest BCUT2D eigenvalue weighted by atomic mass is 127. The Kier molecular flexibility index (Phi) is 6.38. The fourth-order valence-electron chi connectivity index (χ4n) is 3.59. The minimum atomic E-state index is -1.28. The molecule has 3 aromatic rings. The molecular weight excluding hydrogens is 531 g/mol. The number of nitrogens with one attached hydrogen (secondary N) is 3. The average Bonchev–Trinajstić information content (AvgIpc) is 3.33. The van der Waals surface area contributed by atoms with Crippen LogP contribution in [0.5, 0.6) is 0 Å². The number of rotatable bonds is 6. The van der Waals surface area contributed by atoms with Gasteiger partial charge in [-0.3, -0.25) is 9.36 Å². The van der Waals surface area contributed by atoms with Crippen molar-refractivity contribution in [2.24, 2.45) is 5.73 Å². The summed E-state index contributed by atoms with van der Waals surface area (Å²) < 4.78 is 8.40. The lowest BCUT2D eigenvalue weighted by Crippen LogP contribution is -2.53.